The summed E-state index contributed by atoms with van der Waals surface area (Å²) in [6, 6.07) is 0. The van der Waals surface area contributed by atoms with Crippen LogP contribution in [0.3, 0.4) is 0 Å². The molecule has 140 valence electrons. The fourth-order valence-electron chi connectivity index (χ4n) is 3.28. The lowest BCUT2D eigenvalue weighted by atomic mass is 9.99. The zero-order valence-corrected chi connectivity index (χ0v) is 16.6. The van der Waals surface area contributed by atoms with Crippen molar-refractivity contribution in [1.29, 1.82) is 0 Å². The van der Waals surface area contributed by atoms with E-state index in [-0.39, 0.29) is 19.4 Å². The largest absolute Gasteiger partial charge is 0.392 e. The van der Waals surface area contributed by atoms with Crippen molar-refractivity contribution in [2.75, 3.05) is 25.4 Å². The van der Waals surface area contributed by atoms with E-state index in [0.29, 0.717) is 12.0 Å². The van der Waals surface area contributed by atoms with Crippen LogP contribution in [0.4, 0.5) is 0 Å². The molecule has 0 radical (unpaired) electrons. The molecule has 1 N–H and O–H groups in total. The average molecular weight is 401 g/mol. The zero-order chi connectivity index (χ0) is 19.0. The predicted molar refractivity (Wildman–Crippen MR) is 93.5 cm³/mol. The first-order valence-electron chi connectivity index (χ1n) is 7.32. The maximum Gasteiger partial charge on any atom is 0.211 e. The summed E-state index contributed by atoms with van der Waals surface area (Å²) in [5, 5.41) is 9.22. The summed E-state index contributed by atoms with van der Waals surface area (Å²) in [4.78, 5) is -0.569. The quantitative estimate of drug-likeness (QED) is 0.615. The first-order chi connectivity index (χ1) is 10.7. The third kappa shape index (κ3) is 3.61. The molecule has 0 aromatic rings. The van der Waals surface area contributed by atoms with E-state index in [1.54, 1.807) is 13.0 Å². The van der Waals surface area contributed by atoms with Crippen LogP contribution >= 0.6 is 0 Å². The lowest BCUT2D eigenvalue weighted by molar-refractivity contribution is 0.326. The highest BCUT2D eigenvalue weighted by Gasteiger charge is 2.63. The normalized spacial score (nSPS) is 22.5. The topological polar surface area (TPSA) is 123 Å². The Morgan fingerprint density at radius 2 is 1.67 bits per heavy atom. The van der Waals surface area contributed by atoms with Crippen molar-refractivity contribution in [2.45, 2.75) is 30.3 Å². The minimum atomic E-state index is -4.29. The highest BCUT2D eigenvalue weighted by Crippen LogP contribution is 2.49. The summed E-state index contributed by atoms with van der Waals surface area (Å²) < 4.78 is 71.7. The van der Waals surface area contributed by atoms with Gasteiger partial charge < -0.3 is 5.11 Å². The Morgan fingerprint density at radius 1 is 1.17 bits per heavy atom. The third-order valence-corrected chi connectivity index (χ3v) is 11.0. The lowest BCUT2D eigenvalue weighted by Gasteiger charge is -2.33. The van der Waals surface area contributed by atoms with Gasteiger partial charge in [0.25, 0.3) is 0 Å². The Labute approximate surface area is 144 Å². The van der Waals surface area contributed by atoms with Crippen molar-refractivity contribution in [3.63, 3.8) is 0 Å². The Balaban J connectivity index is 3.68. The maximum absolute atomic E-state index is 12.5. The lowest BCUT2D eigenvalue weighted by Crippen LogP contribution is -2.52. The van der Waals surface area contributed by atoms with Gasteiger partial charge >= 0.3 is 0 Å². The molecule has 0 saturated heterocycles. The van der Waals surface area contributed by atoms with E-state index >= 15 is 0 Å². The Hall–Kier alpha value is -0.710. The van der Waals surface area contributed by atoms with Gasteiger partial charge in [0.15, 0.2) is 29.5 Å². The molecule has 0 aliphatic heterocycles. The van der Waals surface area contributed by atoms with Crippen molar-refractivity contribution < 1.29 is 30.4 Å². The van der Waals surface area contributed by atoms with Crippen molar-refractivity contribution in [2.24, 2.45) is 5.92 Å². The van der Waals surface area contributed by atoms with Crippen LogP contribution in [0.25, 0.3) is 0 Å². The van der Waals surface area contributed by atoms with Gasteiger partial charge in [-0.1, -0.05) is 19.1 Å². The molecule has 1 aliphatic carbocycles. The molecule has 1 rings (SSSR count). The van der Waals surface area contributed by atoms with Crippen LogP contribution < -0.4 is 0 Å². The third-order valence-electron chi connectivity index (χ3n) is 4.32. The predicted octanol–water partition coefficient (Wildman–Crippen LogP) is 0.439. The van der Waals surface area contributed by atoms with Gasteiger partial charge in [-0.15, -0.1) is 0 Å². The molecule has 0 amide bonds. The molecule has 0 fully saturated rings. The molecule has 0 aromatic carbocycles. The molecular formula is C14H24O7S3. The van der Waals surface area contributed by atoms with Gasteiger partial charge in [-0.2, -0.15) is 0 Å². The average Bonchev–Trinajstić information content (AvgIpc) is 2.79. The molecule has 1 aliphatic rings. The van der Waals surface area contributed by atoms with Crippen molar-refractivity contribution in [3.8, 4) is 0 Å². The first-order valence-corrected chi connectivity index (χ1v) is 13.0. The second kappa shape index (κ2) is 6.89. The van der Waals surface area contributed by atoms with Crippen LogP contribution in [0.5, 0.6) is 0 Å². The molecular weight excluding hydrogens is 376 g/mol. The molecule has 7 nitrogen and oxygen atoms in total. The number of rotatable bonds is 7. The van der Waals surface area contributed by atoms with Gasteiger partial charge in [0, 0.05) is 24.7 Å². The van der Waals surface area contributed by atoms with Crippen molar-refractivity contribution in [3.05, 3.63) is 22.6 Å². The molecule has 24 heavy (non-hydrogen) atoms. The number of aliphatic hydroxyl groups is 1. The minimum absolute atomic E-state index is 0.0153. The van der Waals surface area contributed by atoms with Gasteiger partial charge in [0.1, 0.15) is 0 Å². The van der Waals surface area contributed by atoms with Gasteiger partial charge in [-0.3, -0.25) is 0 Å². The van der Waals surface area contributed by atoms with Crippen molar-refractivity contribution >= 4 is 29.5 Å². The molecule has 0 aromatic heterocycles. The van der Waals surface area contributed by atoms with Gasteiger partial charge in [-0.25, -0.2) is 25.3 Å². The Bertz CT molecular complexity index is 821. The van der Waals surface area contributed by atoms with Crippen LogP contribution in [-0.2, 0) is 29.5 Å². The Morgan fingerprint density at radius 3 is 2.00 bits per heavy atom. The highest BCUT2D eigenvalue weighted by molar-refractivity contribution is 8.12. The van der Waals surface area contributed by atoms with Gasteiger partial charge in [0.2, 0.25) is 4.08 Å². The van der Waals surface area contributed by atoms with Crippen LogP contribution in [0.2, 0.25) is 0 Å². The standard InChI is InChI=1S/C14H24O7S3/c1-5-11(10-15)6-7-12-8-9-13(22(2,16)17)14(12,23(3,18)19)24(4,20)21/h6,9,12,15H,5,7-8,10H2,1-4H3/b11-6-. The minimum Gasteiger partial charge on any atom is -0.392 e. The van der Waals surface area contributed by atoms with Crippen LogP contribution in [0, 0.1) is 5.92 Å². The SMILES string of the molecule is CC/C(=C/CC1CC=C(S(C)(=O)=O)C1(S(C)(=O)=O)S(C)(=O)=O)CO. The molecule has 0 bridgehead atoms. The van der Waals surface area contributed by atoms with Crippen LogP contribution in [-0.4, -0.2) is 59.8 Å². The smallest absolute Gasteiger partial charge is 0.211 e. The number of allylic oxidation sites excluding steroid dienone is 2. The Kier molecular flexibility index (Phi) is 6.13. The number of hydrogen-bond donors (Lipinski definition) is 1. The molecule has 0 saturated carbocycles. The second-order valence-corrected chi connectivity index (χ2v) is 12.7. The van der Waals surface area contributed by atoms with E-state index in [2.05, 4.69) is 0 Å². The number of hydrogen-bond acceptors (Lipinski definition) is 7. The van der Waals surface area contributed by atoms with Crippen LogP contribution in [0.1, 0.15) is 26.2 Å². The van der Waals surface area contributed by atoms with Crippen molar-refractivity contribution in [1.82, 2.24) is 0 Å². The van der Waals surface area contributed by atoms with E-state index in [4.69, 9.17) is 0 Å². The molecule has 0 heterocycles. The van der Waals surface area contributed by atoms with E-state index in [9.17, 15) is 30.4 Å². The molecule has 1 unspecified atom stereocenters. The first kappa shape index (κ1) is 21.3. The summed E-state index contributed by atoms with van der Waals surface area (Å²) in [6.45, 7) is 1.58. The fraction of sp³-hybridized carbons (Fsp3) is 0.714. The molecule has 1 atom stereocenters. The van der Waals surface area contributed by atoms with E-state index in [0.717, 1.165) is 18.8 Å². The van der Waals surface area contributed by atoms with Crippen LogP contribution in [0.15, 0.2) is 22.6 Å². The van der Waals surface area contributed by atoms with Gasteiger partial charge in [-0.05, 0) is 24.8 Å². The summed E-state index contributed by atoms with van der Waals surface area (Å²) in [7, 11) is -12.6. The highest BCUT2D eigenvalue weighted by atomic mass is 32.3. The second-order valence-electron chi connectivity index (χ2n) is 6.09. The summed E-state index contributed by atoms with van der Waals surface area (Å²) in [5.74, 6) is -0.958. The van der Waals surface area contributed by atoms with Gasteiger partial charge in [0.05, 0.1) is 11.5 Å². The maximum atomic E-state index is 12.5. The summed E-state index contributed by atoms with van der Waals surface area (Å²) in [5.41, 5.74) is 0.638. The number of aliphatic hydroxyl groups excluding tert-OH is 1. The summed E-state index contributed by atoms with van der Waals surface area (Å²) in [6.07, 6.45) is 5.69. The summed E-state index contributed by atoms with van der Waals surface area (Å²) >= 11 is 0. The van der Waals surface area contributed by atoms with E-state index in [1.807, 2.05) is 0 Å². The van der Waals surface area contributed by atoms with E-state index in [1.165, 1.54) is 6.08 Å². The molecule has 0 spiro atoms. The molecule has 10 heteroatoms. The monoisotopic (exact) mass is 400 g/mol. The fourth-order valence-corrected chi connectivity index (χ4v) is 10.9. The van der Waals surface area contributed by atoms with E-state index < -0.39 is 44.4 Å². The zero-order valence-electron chi connectivity index (χ0n) is 14.2. The number of sulfone groups is 3.